The molecule has 4 aromatic rings. The van der Waals surface area contributed by atoms with Crippen molar-refractivity contribution in [2.45, 2.75) is 0 Å². The zero-order valence-electron chi connectivity index (χ0n) is 17.4. The third kappa shape index (κ3) is 3.20. The van der Waals surface area contributed by atoms with Gasteiger partial charge in [-0.3, -0.25) is 9.59 Å². The second-order valence-electron chi connectivity index (χ2n) is 7.39. The number of para-hydroxylation sites is 2. The standard InChI is InChI=1S/C27H20N2O3/c1-32-23-17-8-7-15-21(23)24-25(28-19-12-3-2-4-13-19)27(31)29(26(24)30)22-16-9-11-18-10-5-6-14-20(18)22/h2-17,28H,1H3. The molecule has 0 saturated heterocycles. The lowest BCUT2D eigenvalue weighted by molar-refractivity contribution is -0.120. The van der Waals surface area contributed by atoms with Crippen LogP contribution in [0.3, 0.4) is 0 Å². The number of imide groups is 1. The summed E-state index contributed by atoms with van der Waals surface area (Å²) < 4.78 is 5.51. The Kier molecular flexibility index (Phi) is 4.92. The Balaban J connectivity index is 1.70. The Morgan fingerprint density at radius 1 is 0.719 bits per heavy atom. The molecule has 0 saturated carbocycles. The summed E-state index contributed by atoms with van der Waals surface area (Å²) in [4.78, 5) is 28.7. The van der Waals surface area contributed by atoms with Gasteiger partial charge in [0.05, 0.1) is 18.4 Å². The van der Waals surface area contributed by atoms with Crippen molar-refractivity contribution < 1.29 is 14.3 Å². The van der Waals surface area contributed by atoms with E-state index in [1.165, 1.54) is 4.90 Å². The monoisotopic (exact) mass is 420 g/mol. The van der Waals surface area contributed by atoms with E-state index in [2.05, 4.69) is 5.32 Å². The Labute approximate surface area is 185 Å². The van der Waals surface area contributed by atoms with Gasteiger partial charge in [-0.2, -0.15) is 0 Å². The van der Waals surface area contributed by atoms with E-state index in [4.69, 9.17) is 4.74 Å². The smallest absolute Gasteiger partial charge is 0.282 e. The molecule has 0 unspecified atom stereocenters. The van der Waals surface area contributed by atoms with Gasteiger partial charge in [0.2, 0.25) is 0 Å². The largest absolute Gasteiger partial charge is 0.496 e. The predicted molar refractivity (Wildman–Crippen MR) is 126 cm³/mol. The first-order chi connectivity index (χ1) is 15.7. The zero-order valence-corrected chi connectivity index (χ0v) is 17.4. The molecule has 5 rings (SSSR count). The average Bonchev–Trinajstić information content (AvgIpc) is 3.08. The van der Waals surface area contributed by atoms with E-state index in [1.54, 1.807) is 25.3 Å². The molecule has 1 N–H and O–H groups in total. The summed E-state index contributed by atoms with van der Waals surface area (Å²) in [5, 5.41) is 4.96. The number of amides is 2. The van der Waals surface area contributed by atoms with Crippen LogP contribution in [0.25, 0.3) is 16.3 Å². The summed E-state index contributed by atoms with van der Waals surface area (Å²) in [6.07, 6.45) is 0. The second kappa shape index (κ2) is 8.04. The lowest BCUT2D eigenvalue weighted by Crippen LogP contribution is -2.32. The average molecular weight is 420 g/mol. The van der Waals surface area contributed by atoms with Gasteiger partial charge in [0.25, 0.3) is 11.8 Å². The number of hydrogen-bond acceptors (Lipinski definition) is 4. The molecule has 1 aliphatic rings. The van der Waals surface area contributed by atoms with Crippen LogP contribution in [0.1, 0.15) is 5.56 Å². The minimum absolute atomic E-state index is 0.221. The Morgan fingerprint density at radius 3 is 2.22 bits per heavy atom. The normalized spacial score (nSPS) is 13.7. The van der Waals surface area contributed by atoms with E-state index in [0.29, 0.717) is 17.0 Å². The van der Waals surface area contributed by atoms with Crippen LogP contribution in [0.5, 0.6) is 5.75 Å². The van der Waals surface area contributed by atoms with Gasteiger partial charge in [0.1, 0.15) is 11.4 Å². The molecule has 1 heterocycles. The number of nitrogens with one attached hydrogen (secondary N) is 1. The number of fused-ring (bicyclic) bond motifs is 1. The van der Waals surface area contributed by atoms with Crippen LogP contribution in [-0.2, 0) is 9.59 Å². The van der Waals surface area contributed by atoms with Crippen LogP contribution in [0.15, 0.2) is 103 Å². The lowest BCUT2D eigenvalue weighted by atomic mass is 10.0. The number of ether oxygens (including phenoxy) is 1. The van der Waals surface area contributed by atoms with Gasteiger partial charge in [-0.1, -0.05) is 72.8 Å². The number of anilines is 2. The molecule has 4 aromatic carbocycles. The number of rotatable bonds is 5. The fourth-order valence-corrected chi connectivity index (χ4v) is 4.03. The summed E-state index contributed by atoms with van der Waals surface area (Å²) in [6.45, 7) is 0. The van der Waals surface area contributed by atoms with Gasteiger partial charge in [-0.25, -0.2) is 4.90 Å². The van der Waals surface area contributed by atoms with Crippen molar-refractivity contribution >= 4 is 39.5 Å². The van der Waals surface area contributed by atoms with Crippen LogP contribution in [0, 0.1) is 0 Å². The molecule has 0 atom stereocenters. The quantitative estimate of drug-likeness (QED) is 0.448. The molecule has 0 spiro atoms. The van der Waals surface area contributed by atoms with E-state index in [-0.39, 0.29) is 11.3 Å². The summed E-state index contributed by atoms with van der Waals surface area (Å²) in [5.74, 6) is -0.277. The number of methoxy groups -OCH3 is 1. The van der Waals surface area contributed by atoms with E-state index in [0.717, 1.165) is 16.5 Å². The Morgan fingerprint density at radius 2 is 1.41 bits per heavy atom. The van der Waals surface area contributed by atoms with Gasteiger partial charge in [-0.15, -0.1) is 0 Å². The highest BCUT2D eigenvalue weighted by Gasteiger charge is 2.41. The summed E-state index contributed by atoms with van der Waals surface area (Å²) >= 11 is 0. The first kappa shape index (κ1) is 19.6. The number of nitrogens with zero attached hydrogens (tertiary/aromatic N) is 1. The fraction of sp³-hybridized carbons (Fsp3) is 0.0370. The van der Waals surface area contributed by atoms with E-state index < -0.39 is 11.8 Å². The van der Waals surface area contributed by atoms with Crippen molar-refractivity contribution in [2.24, 2.45) is 0 Å². The van der Waals surface area contributed by atoms with Crippen molar-refractivity contribution in [1.29, 1.82) is 0 Å². The van der Waals surface area contributed by atoms with Crippen molar-refractivity contribution in [3.63, 3.8) is 0 Å². The number of carbonyl (C=O) groups is 2. The van der Waals surface area contributed by atoms with E-state index in [1.807, 2.05) is 78.9 Å². The molecule has 5 nitrogen and oxygen atoms in total. The highest BCUT2D eigenvalue weighted by atomic mass is 16.5. The van der Waals surface area contributed by atoms with Gasteiger partial charge < -0.3 is 10.1 Å². The van der Waals surface area contributed by atoms with Crippen LogP contribution < -0.4 is 15.0 Å². The summed E-state index contributed by atoms with van der Waals surface area (Å²) in [6, 6.07) is 29.9. The third-order valence-electron chi connectivity index (χ3n) is 5.51. The Hall–Kier alpha value is -4.38. The highest BCUT2D eigenvalue weighted by Crippen LogP contribution is 2.39. The number of carbonyl (C=O) groups excluding carboxylic acids is 2. The van der Waals surface area contributed by atoms with Crippen LogP contribution in [-0.4, -0.2) is 18.9 Å². The molecule has 0 fully saturated rings. The minimum atomic E-state index is -0.406. The lowest BCUT2D eigenvalue weighted by Gasteiger charge is -2.18. The highest BCUT2D eigenvalue weighted by molar-refractivity contribution is 6.47. The van der Waals surface area contributed by atoms with Crippen molar-refractivity contribution in [1.82, 2.24) is 0 Å². The van der Waals surface area contributed by atoms with Crippen LogP contribution >= 0.6 is 0 Å². The predicted octanol–water partition coefficient (Wildman–Crippen LogP) is 5.25. The molecular formula is C27H20N2O3. The topological polar surface area (TPSA) is 58.6 Å². The molecule has 156 valence electrons. The summed E-state index contributed by atoms with van der Waals surface area (Å²) in [5.41, 5.74) is 2.34. The molecular weight excluding hydrogens is 400 g/mol. The molecule has 0 aliphatic carbocycles. The SMILES string of the molecule is COc1ccccc1C1=C(Nc2ccccc2)C(=O)N(c2cccc3ccccc23)C1=O. The molecule has 0 aromatic heterocycles. The third-order valence-corrected chi connectivity index (χ3v) is 5.51. The number of hydrogen-bond donors (Lipinski definition) is 1. The van der Waals surface area contributed by atoms with Gasteiger partial charge in [-0.05, 0) is 29.7 Å². The van der Waals surface area contributed by atoms with Gasteiger partial charge >= 0.3 is 0 Å². The van der Waals surface area contributed by atoms with Crippen molar-refractivity contribution in [3.05, 3.63) is 108 Å². The van der Waals surface area contributed by atoms with Crippen LogP contribution in [0.4, 0.5) is 11.4 Å². The molecule has 2 amide bonds. The molecule has 1 aliphatic heterocycles. The van der Waals surface area contributed by atoms with Gasteiger partial charge in [0, 0.05) is 16.6 Å². The zero-order chi connectivity index (χ0) is 22.1. The summed E-state index contributed by atoms with van der Waals surface area (Å²) in [7, 11) is 1.55. The van der Waals surface area contributed by atoms with E-state index in [9.17, 15) is 9.59 Å². The maximum atomic E-state index is 13.8. The molecule has 32 heavy (non-hydrogen) atoms. The van der Waals surface area contributed by atoms with Crippen LogP contribution in [0.2, 0.25) is 0 Å². The molecule has 5 heteroatoms. The van der Waals surface area contributed by atoms with Gasteiger partial charge in [0.15, 0.2) is 0 Å². The van der Waals surface area contributed by atoms with Crippen molar-refractivity contribution in [3.8, 4) is 5.75 Å². The first-order valence-electron chi connectivity index (χ1n) is 10.3. The molecule has 0 radical (unpaired) electrons. The first-order valence-corrected chi connectivity index (χ1v) is 10.3. The minimum Gasteiger partial charge on any atom is -0.496 e. The maximum Gasteiger partial charge on any atom is 0.282 e. The fourth-order valence-electron chi connectivity index (χ4n) is 4.03. The second-order valence-corrected chi connectivity index (χ2v) is 7.39. The molecule has 0 bridgehead atoms. The number of benzene rings is 4. The Bertz CT molecular complexity index is 1370. The maximum absolute atomic E-state index is 13.8. The van der Waals surface area contributed by atoms with Crippen molar-refractivity contribution in [2.75, 3.05) is 17.3 Å². The van der Waals surface area contributed by atoms with E-state index >= 15 is 0 Å².